The fraction of sp³-hybridized carbons (Fsp3) is 0.737. The summed E-state index contributed by atoms with van der Waals surface area (Å²) in [6.07, 6.45) is 7.55. The van der Waals surface area contributed by atoms with E-state index in [0.717, 1.165) is 44.1 Å². The maximum Gasteiger partial charge on any atom is 0.410 e. The molecule has 1 aromatic heterocycles. The molecule has 1 amide bonds. The molecule has 1 aromatic rings. The van der Waals surface area contributed by atoms with Crippen molar-refractivity contribution in [2.45, 2.75) is 58.1 Å². The monoisotopic (exact) mass is 346 g/mol. The molecule has 2 aliphatic heterocycles. The van der Waals surface area contributed by atoms with Crippen LogP contribution in [0.2, 0.25) is 0 Å². The second-order valence-corrected chi connectivity index (χ2v) is 8.20. The summed E-state index contributed by atoms with van der Waals surface area (Å²) in [4.78, 5) is 23.1. The average molecular weight is 346 g/mol. The van der Waals surface area contributed by atoms with Gasteiger partial charge in [0.2, 0.25) is 0 Å². The van der Waals surface area contributed by atoms with Crippen LogP contribution in [0.3, 0.4) is 0 Å². The van der Waals surface area contributed by atoms with Gasteiger partial charge in [-0.1, -0.05) is 0 Å². The first kappa shape index (κ1) is 18.1. The number of nitrogens with one attached hydrogen (secondary N) is 1. The van der Waals surface area contributed by atoms with Crippen molar-refractivity contribution in [2.24, 2.45) is 11.8 Å². The van der Waals surface area contributed by atoms with Gasteiger partial charge in [-0.25, -0.2) is 14.8 Å². The highest BCUT2D eigenvalue weighted by Crippen LogP contribution is 2.40. The van der Waals surface area contributed by atoms with Crippen LogP contribution < -0.4 is 5.32 Å². The van der Waals surface area contributed by atoms with Crippen LogP contribution in [0.15, 0.2) is 18.6 Å². The Bertz CT molecular complexity index is 567. The molecule has 0 aromatic carbocycles. The first-order valence-electron chi connectivity index (χ1n) is 9.40. The number of piperidine rings is 2. The van der Waals surface area contributed by atoms with Crippen LogP contribution in [0.4, 0.5) is 4.79 Å². The van der Waals surface area contributed by atoms with E-state index < -0.39 is 5.60 Å². The van der Waals surface area contributed by atoms with Gasteiger partial charge in [0.15, 0.2) is 0 Å². The molecule has 0 aliphatic carbocycles. The van der Waals surface area contributed by atoms with Gasteiger partial charge in [0, 0.05) is 12.7 Å². The van der Waals surface area contributed by atoms with Crippen molar-refractivity contribution in [2.75, 3.05) is 19.6 Å². The lowest BCUT2D eigenvalue weighted by Crippen LogP contribution is -2.46. The second-order valence-electron chi connectivity index (χ2n) is 8.20. The number of likely N-dealkylation sites (tertiary alicyclic amines) is 1. The van der Waals surface area contributed by atoms with Crippen LogP contribution in [-0.2, 0) is 4.74 Å². The zero-order valence-corrected chi connectivity index (χ0v) is 15.6. The van der Waals surface area contributed by atoms with Crippen LogP contribution in [-0.4, -0.2) is 46.2 Å². The van der Waals surface area contributed by atoms with Gasteiger partial charge in [0.25, 0.3) is 0 Å². The number of carbonyl (C=O) groups is 1. The lowest BCUT2D eigenvalue weighted by Gasteiger charge is -2.42. The first-order valence-corrected chi connectivity index (χ1v) is 9.40. The van der Waals surface area contributed by atoms with Crippen molar-refractivity contribution in [1.82, 2.24) is 20.2 Å². The SMILES string of the molecule is CC(C)(C)OC(=O)N1CCC(C2CCNCC2)C[C@@H]1c1ccncn1. The standard InChI is InChI=1S/C19H30N4O2/c1-19(2,3)25-18(24)23-11-7-15(14-4-8-20-9-5-14)12-17(23)16-6-10-21-13-22-16/h6,10,13-15,17,20H,4-5,7-9,11-12H2,1-3H3/t15?,17-/m1/s1. The van der Waals surface area contributed by atoms with E-state index in [9.17, 15) is 4.79 Å². The van der Waals surface area contributed by atoms with Crippen molar-refractivity contribution in [3.8, 4) is 0 Å². The van der Waals surface area contributed by atoms with E-state index in [4.69, 9.17) is 4.74 Å². The van der Waals surface area contributed by atoms with Gasteiger partial charge in [-0.15, -0.1) is 0 Å². The topological polar surface area (TPSA) is 67.3 Å². The first-order chi connectivity index (χ1) is 11.9. The number of carbonyl (C=O) groups excluding carboxylic acids is 1. The minimum atomic E-state index is -0.487. The molecule has 1 unspecified atom stereocenters. The highest BCUT2D eigenvalue weighted by atomic mass is 16.6. The Kier molecular flexibility index (Phi) is 5.57. The number of hydrogen-bond acceptors (Lipinski definition) is 5. The Balaban J connectivity index is 1.77. The minimum absolute atomic E-state index is 0.0218. The summed E-state index contributed by atoms with van der Waals surface area (Å²) >= 11 is 0. The number of aromatic nitrogens is 2. The normalized spacial score (nSPS) is 25.6. The molecule has 1 N–H and O–H groups in total. The number of nitrogens with zero attached hydrogens (tertiary/aromatic N) is 3. The van der Waals surface area contributed by atoms with Crippen LogP contribution in [0, 0.1) is 11.8 Å². The summed E-state index contributed by atoms with van der Waals surface area (Å²) in [5.41, 5.74) is 0.429. The number of hydrogen-bond donors (Lipinski definition) is 1. The molecular formula is C19H30N4O2. The fourth-order valence-electron chi connectivity index (χ4n) is 4.05. The predicted octanol–water partition coefficient (Wildman–Crippen LogP) is 3.16. The van der Waals surface area contributed by atoms with Crippen LogP contribution in [0.1, 0.15) is 58.2 Å². The van der Waals surface area contributed by atoms with Crippen LogP contribution >= 0.6 is 0 Å². The van der Waals surface area contributed by atoms with Crippen LogP contribution in [0.25, 0.3) is 0 Å². The van der Waals surface area contributed by atoms with Gasteiger partial charge >= 0.3 is 6.09 Å². The Morgan fingerprint density at radius 3 is 2.64 bits per heavy atom. The molecule has 6 nitrogen and oxygen atoms in total. The fourth-order valence-corrected chi connectivity index (χ4v) is 4.05. The quantitative estimate of drug-likeness (QED) is 0.891. The smallest absolute Gasteiger partial charge is 0.410 e. The van der Waals surface area contributed by atoms with E-state index in [2.05, 4.69) is 15.3 Å². The minimum Gasteiger partial charge on any atom is -0.444 e. The van der Waals surface area contributed by atoms with Crippen molar-refractivity contribution < 1.29 is 9.53 Å². The molecule has 2 saturated heterocycles. The molecule has 0 bridgehead atoms. The predicted molar refractivity (Wildman–Crippen MR) is 96.0 cm³/mol. The zero-order valence-electron chi connectivity index (χ0n) is 15.6. The highest BCUT2D eigenvalue weighted by Gasteiger charge is 2.38. The zero-order chi connectivity index (χ0) is 17.9. The Morgan fingerprint density at radius 2 is 2.00 bits per heavy atom. The van der Waals surface area contributed by atoms with E-state index >= 15 is 0 Å². The molecule has 6 heteroatoms. The number of rotatable bonds is 2. The number of amides is 1. The summed E-state index contributed by atoms with van der Waals surface area (Å²) < 4.78 is 5.64. The Labute approximate surface area is 150 Å². The second kappa shape index (κ2) is 7.68. The van der Waals surface area contributed by atoms with Gasteiger partial charge in [0.1, 0.15) is 11.9 Å². The highest BCUT2D eigenvalue weighted by molar-refractivity contribution is 5.69. The van der Waals surface area contributed by atoms with Crippen molar-refractivity contribution in [1.29, 1.82) is 0 Å². The molecule has 25 heavy (non-hydrogen) atoms. The van der Waals surface area contributed by atoms with E-state index in [0.29, 0.717) is 5.92 Å². The van der Waals surface area contributed by atoms with E-state index in [1.807, 2.05) is 31.7 Å². The summed E-state index contributed by atoms with van der Waals surface area (Å²) in [5.74, 6) is 1.38. The maximum absolute atomic E-state index is 12.7. The molecular weight excluding hydrogens is 316 g/mol. The van der Waals surface area contributed by atoms with Gasteiger partial charge < -0.3 is 10.1 Å². The summed E-state index contributed by atoms with van der Waals surface area (Å²) in [6, 6.07) is 1.90. The van der Waals surface area contributed by atoms with Crippen molar-refractivity contribution in [3.63, 3.8) is 0 Å². The summed E-state index contributed by atoms with van der Waals surface area (Å²) in [5, 5.41) is 3.44. The average Bonchev–Trinajstić information content (AvgIpc) is 2.61. The van der Waals surface area contributed by atoms with E-state index in [1.165, 1.54) is 12.8 Å². The van der Waals surface area contributed by atoms with Gasteiger partial charge in [-0.2, -0.15) is 0 Å². The third-order valence-electron chi connectivity index (χ3n) is 5.27. The molecule has 2 aliphatic rings. The van der Waals surface area contributed by atoms with Gasteiger partial charge in [-0.3, -0.25) is 4.90 Å². The molecule has 2 atom stereocenters. The van der Waals surface area contributed by atoms with E-state index in [-0.39, 0.29) is 12.1 Å². The van der Waals surface area contributed by atoms with Crippen molar-refractivity contribution >= 4 is 6.09 Å². The third kappa shape index (κ3) is 4.69. The van der Waals surface area contributed by atoms with Gasteiger partial charge in [0.05, 0.1) is 11.7 Å². The molecule has 3 heterocycles. The number of ether oxygens (including phenoxy) is 1. The Hall–Kier alpha value is -1.69. The molecule has 0 spiro atoms. The van der Waals surface area contributed by atoms with Gasteiger partial charge in [-0.05, 0) is 77.4 Å². The molecule has 3 rings (SSSR count). The lowest BCUT2D eigenvalue weighted by molar-refractivity contribution is -0.00181. The molecule has 0 radical (unpaired) electrons. The van der Waals surface area contributed by atoms with Crippen LogP contribution in [0.5, 0.6) is 0 Å². The van der Waals surface area contributed by atoms with Crippen molar-refractivity contribution in [3.05, 3.63) is 24.3 Å². The molecule has 2 fully saturated rings. The Morgan fingerprint density at radius 1 is 1.24 bits per heavy atom. The summed E-state index contributed by atoms with van der Waals surface area (Å²) in [7, 11) is 0. The lowest BCUT2D eigenvalue weighted by atomic mass is 9.76. The molecule has 138 valence electrons. The van der Waals surface area contributed by atoms with E-state index in [1.54, 1.807) is 12.5 Å². The summed E-state index contributed by atoms with van der Waals surface area (Å²) in [6.45, 7) is 8.67. The largest absolute Gasteiger partial charge is 0.444 e. The maximum atomic E-state index is 12.7. The third-order valence-corrected chi connectivity index (χ3v) is 5.27. The molecule has 0 saturated carbocycles.